The molecule has 0 amide bonds. The molecule has 3 N–H and O–H groups in total. The third kappa shape index (κ3) is 3.22. The van der Waals surface area contributed by atoms with Crippen molar-refractivity contribution in [3.63, 3.8) is 0 Å². The van der Waals surface area contributed by atoms with Crippen molar-refractivity contribution in [3.8, 4) is 0 Å². The zero-order chi connectivity index (χ0) is 14.9. The number of rotatable bonds is 4. The van der Waals surface area contributed by atoms with Gasteiger partial charge in [-0.05, 0) is 54.1 Å². The number of benzene rings is 1. The zero-order valence-corrected chi connectivity index (χ0v) is 14.3. The lowest BCUT2D eigenvalue weighted by Gasteiger charge is -2.13. The summed E-state index contributed by atoms with van der Waals surface area (Å²) in [6.45, 7) is 4.08. The zero-order valence-electron chi connectivity index (χ0n) is 11.1. The fourth-order valence-electron chi connectivity index (χ4n) is 1.86. The van der Waals surface area contributed by atoms with E-state index in [1.54, 1.807) is 11.4 Å². The number of nitrogens with one attached hydrogen (secondary N) is 1. The van der Waals surface area contributed by atoms with E-state index in [9.17, 15) is 8.42 Å². The number of nitrogens with two attached hydrogens (primary N) is 1. The quantitative estimate of drug-likeness (QED) is 0.861. The average molecular weight is 375 g/mol. The molecule has 20 heavy (non-hydrogen) atoms. The molecule has 2 aromatic rings. The van der Waals surface area contributed by atoms with Gasteiger partial charge in [-0.2, -0.15) is 0 Å². The van der Waals surface area contributed by atoms with Gasteiger partial charge in [0.05, 0.1) is 5.69 Å². The Kier molecular flexibility index (Phi) is 4.53. The van der Waals surface area contributed by atoms with E-state index in [0.717, 1.165) is 21.2 Å². The van der Waals surface area contributed by atoms with E-state index in [4.69, 9.17) is 5.73 Å². The molecular weight excluding hydrogens is 360 g/mol. The van der Waals surface area contributed by atoms with E-state index in [2.05, 4.69) is 20.7 Å². The highest BCUT2D eigenvalue weighted by atomic mass is 79.9. The lowest BCUT2D eigenvalue weighted by molar-refractivity contribution is 0.603. The van der Waals surface area contributed by atoms with Crippen molar-refractivity contribution in [1.29, 1.82) is 0 Å². The van der Waals surface area contributed by atoms with E-state index >= 15 is 0 Å². The maximum absolute atomic E-state index is 12.4. The van der Waals surface area contributed by atoms with Crippen LogP contribution in [-0.2, 0) is 16.6 Å². The lowest BCUT2D eigenvalue weighted by atomic mass is 10.1. The van der Waals surface area contributed by atoms with Crippen molar-refractivity contribution in [2.75, 3.05) is 4.72 Å². The molecule has 4 nitrogen and oxygen atoms in total. The van der Waals surface area contributed by atoms with Gasteiger partial charge in [0.2, 0.25) is 0 Å². The molecule has 1 aromatic carbocycles. The summed E-state index contributed by atoms with van der Waals surface area (Å²) in [7, 11) is -3.56. The summed E-state index contributed by atoms with van der Waals surface area (Å²) in [5.74, 6) is 0. The van der Waals surface area contributed by atoms with Crippen molar-refractivity contribution in [1.82, 2.24) is 0 Å². The van der Waals surface area contributed by atoms with Crippen LogP contribution in [0.3, 0.4) is 0 Å². The molecule has 0 saturated carbocycles. The molecule has 0 aliphatic rings. The number of aryl methyl sites for hydroxylation is 2. The molecule has 0 atom stereocenters. The van der Waals surface area contributed by atoms with Gasteiger partial charge >= 0.3 is 0 Å². The Morgan fingerprint density at radius 2 is 1.85 bits per heavy atom. The summed E-state index contributed by atoms with van der Waals surface area (Å²) < 4.78 is 28.6. The SMILES string of the molecule is Cc1cc(Br)cc(C)c1NS(=O)(=O)c1cc(CN)cs1. The number of thiophene rings is 1. The fourth-order valence-corrected chi connectivity index (χ4v) is 4.97. The standard InChI is InChI=1S/C13H15BrN2O2S2/c1-8-3-11(14)4-9(2)13(8)16-20(17,18)12-5-10(6-15)7-19-12/h3-5,7,16H,6,15H2,1-2H3. The normalized spacial score (nSPS) is 11.6. The predicted molar refractivity (Wildman–Crippen MR) is 86.6 cm³/mol. The molecule has 1 heterocycles. The van der Waals surface area contributed by atoms with Gasteiger partial charge in [-0.25, -0.2) is 8.42 Å². The van der Waals surface area contributed by atoms with Gasteiger partial charge in [-0.15, -0.1) is 11.3 Å². The Bertz CT molecular complexity index is 716. The van der Waals surface area contributed by atoms with Gasteiger partial charge < -0.3 is 5.73 Å². The first-order valence-corrected chi connectivity index (χ1v) is 9.06. The largest absolute Gasteiger partial charge is 0.326 e. The van der Waals surface area contributed by atoms with Crippen molar-refractivity contribution < 1.29 is 8.42 Å². The van der Waals surface area contributed by atoms with E-state index in [-0.39, 0.29) is 4.21 Å². The topological polar surface area (TPSA) is 72.2 Å². The minimum absolute atomic E-state index is 0.277. The van der Waals surface area contributed by atoms with Crippen LogP contribution in [0.2, 0.25) is 0 Å². The van der Waals surface area contributed by atoms with Crippen LogP contribution in [0.1, 0.15) is 16.7 Å². The van der Waals surface area contributed by atoms with Crippen molar-refractivity contribution >= 4 is 43.0 Å². The minimum atomic E-state index is -3.56. The molecule has 0 bridgehead atoms. The molecule has 0 fully saturated rings. The monoisotopic (exact) mass is 374 g/mol. The van der Waals surface area contributed by atoms with Crippen LogP contribution in [-0.4, -0.2) is 8.42 Å². The fraction of sp³-hybridized carbons (Fsp3) is 0.231. The summed E-state index contributed by atoms with van der Waals surface area (Å²) in [5, 5.41) is 1.76. The molecule has 7 heteroatoms. The van der Waals surface area contributed by atoms with Gasteiger partial charge in [0.15, 0.2) is 0 Å². The molecule has 1 aromatic heterocycles. The number of hydrogen-bond donors (Lipinski definition) is 2. The maximum Gasteiger partial charge on any atom is 0.271 e. The van der Waals surface area contributed by atoms with Crippen LogP contribution in [0.4, 0.5) is 5.69 Å². The van der Waals surface area contributed by atoms with Crippen LogP contribution in [0.5, 0.6) is 0 Å². The Morgan fingerprint density at radius 3 is 2.35 bits per heavy atom. The molecule has 0 unspecified atom stereocenters. The Labute approximate surface area is 131 Å². The molecule has 2 rings (SSSR count). The Morgan fingerprint density at radius 1 is 1.25 bits per heavy atom. The second-order valence-electron chi connectivity index (χ2n) is 4.50. The second-order valence-corrected chi connectivity index (χ2v) is 8.23. The molecule has 0 aliphatic carbocycles. The van der Waals surface area contributed by atoms with E-state index in [0.29, 0.717) is 12.2 Å². The van der Waals surface area contributed by atoms with Crippen LogP contribution in [0.15, 0.2) is 32.3 Å². The third-order valence-corrected chi connectivity index (χ3v) is 6.16. The smallest absolute Gasteiger partial charge is 0.271 e. The molecule has 0 saturated heterocycles. The number of anilines is 1. The van der Waals surface area contributed by atoms with Crippen LogP contribution < -0.4 is 10.5 Å². The molecular formula is C13H15BrN2O2S2. The van der Waals surface area contributed by atoms with Crippen LogP contribution in [0, 0.1) is 13.8 Å². The van der Waals surface area contributed by atoms with Crippen molar-refractivity contribution in [3.05, 3.63) is 44.7 Å². The number of sulfonamides is 1. The first-order chi connectivity index (χ1) is 9.33. The highest BCUT2D eigenvalue weighted by Crippen LogP contribution is 2.29. The van der Waals surface area contributed by atoms with E-state index in [1.807, 2.05) is 26.0 Å². The predicted octanol–water partition coefficient (Wildman–Crippen LogP) is 3.39. The first-order valence-electron chi connectivity index (χ1n) is 5.90. The van der Waals surface area contributed by atoms with Gasteiger partial charge in [0.25, 0.3) is 10.0 Å². The summed E-state index contributed by atoms with van der Waals surface area (Å²) in [5.41, 5.74) is 8.69. The lowest BCUT2D eigenvalue weighted by Crippen LogP contribution is -2.13. The van der Waals surface area contributed by atoms with Crippen molar-refractivity contribution in [2.45, 2.75) is 24.6 Å². The van der Waals surface area contributed by atoms with Crippen molar-refractivity contribution in [2.24, 2.45) is 5.73 Å². The van der Waals surface area contributed by atoms with Gasteiger partial charge in [0.1, 0.15) is 4.21 Å². The molecule has 0 aliphatic heterocycles. The van der Waals surface area contributed by atoms with E-state index < -0.39 is 10.0 Å². The Balaban J connectivity index is 2.38. The summed E-state index contributed by atoms with van der Waals surface area (Å²) in [4.78, 5) is 0. The second kappa shape index (κ2) is 5.85. The van der Waals surface area contributed by atoms with Gasteiger partial charge in [-0.3, -0.25) is 4.72 Å². The highest BCUT2D eigenvalue weighted by Gasteiger charge is 2.19. The summed E-state index contributed by atoms with van der Waals surface area (Å²) in [6, 6.07) is 5.37. The first kappa shape index (κ1) is 15.5. The third-order valence-electron chi connectivity index (χ3n) is 2.86. The number of hydrogen-bond acceptors (Lipinski definition) is 4. The summed E-state index contributed by atoms with van der Waals surface area (Å²) >= 11 is 4.57. The Hall–Kier alpha value is -0.890. The number of halogens is 1. The van der Waals surface area contributed by atoms with E-state index in [1.165, 1.54) is 11.3 Å². The molecule has 0 radical (unpaired) electrons. The van der Waals surface area contributed by atoms with Gasteiger partial charge in [-0.1, -0.05) is 15.9 Å². The molecule has 108 valence electrons. The van der Waals surface area contributed by atoms with Gasteiger partial charge in [0, 0.05) is 11.0 Å². The maximum atomic E-state index is 12.4. The summed E-state index contributed by atoms with van der Waals surface area (Å²) in [6.07, 6.45) is 0. The van der Waals surface area contributed by atoms with Crippen LogP contribution >= 0.6 is 27.3 Å². The molecule has 0 spiro atoms. The highest BCUT2D eigenvalue weighted by molar-refractivity contribution is 9.10. The average Bonchev–Trinajstić information content (AvgIpc) is 2.83. The van der Waals surface area contributed by atoms with Crippen LogP contribution in [0.25, 0.3) is 0 Å². The minimum Gasteiger partial charge on any atom is -0.326 e.